The van der Waals surface area contributed by atoms with E-state index in [0.717, 1.165) is 5.17 Å². The van der Waals surface area contributed by atoms with E-state index in [-0.39, 0.29) is 5.02 Å². The van der Waals surface area contributed by atoms with Crippen molar-refractivity contribution < 1.29 is 18.0 Å². The van der Waals surface area contributed by atoms with Gasteiger partial charge in [-0.25, -0.2) is 4.98 Å². The highest BCUT2D eigenvalue weighted by molar-refractivity contribution is 9.11. The number of benzene rings is 1. The number of nitrogens with zero attached hydrogens (tertiary/aromatic N) is 3. The number of aryl methyl sites for hydroxylation is 1. The normalized spacial score (nSPS) is 16.4. The predicted molar refractivity (Wildman–Crippen MR) is 86.2 cm³/mol. The quantitative estimate of drug-likeness (QED) is 0.700. The van der Waals surface area contributed by atoms with Gasteiger partial charge in [0, 0.05) is 18.5 Å². The zero-order chi connectivity index (χ0) is 16.9. The molecule has 0 fully saturated rings. The minimum atomic E-state index is -3.00. The standard InChI is InChI=1S/C13H10BrCl2F2N3O2/c1-5-19-10-8(16)3-7(15)9(12(10)22-5)11-6(14)4-20(2)21(11)23-13(17)18/h3,13H,4H2,1-2H3. The Kier molecular flexibility index (Phi) is 4.54. The Balaban J connectivity index is 2.24. The van der Waals surface area contributed by atoms with Gasteiger partial charge in [-0.15, -0.1) is 0 Å². The first-order chi connectivity index (χ1) is 10.8. The summed E-state index contributed by atoms with van der Waals surface area (Å²) < 4.78 is 31.7. The van der Waals surface area contributed by atoms with E-state index in [2.05, 4.69) is 25.8 Å². The maximum atomic E-state index is 12.7. The summed E-state index contributed by atoms with van der Waals surface area (Å²) in [6, 6.07) is 1.49. The maximum Gasteiger partial charge on any atom is 0.366 e. The van der Waals surface area contributed by atoms with Crippen molar-refractivity contribution in [3.8, 4) is 0 Å². The SMILES string of the molecule is Cc1nc2c(Cl)cc(Cl)c(C3=C(Br)CN(C)N3OC(F)F)c2o1. The van der Waals surface area contributed by atoms with E-state index in [4.69, 9.17) is 27.6 Å². The van der Waals surface area contributed by atoms with Crippen molar-refractivity contribution in [2.24, 2.45) is 0 Å². The lowest BCUT2D eigenvalue weighted by atomic mass is 10.1. The second kappa shape index (κ2) is 6.18. The summed E-state index contributed by atoms with van der Waals surface area (Å²) in [6.45, 7) is -1.01. The van der Waals surface area contributed by atoms with E-state index in [1.54, 1.807) is 14.0 Å². The molecule has 0 amide bonds. The van der Waals surface area contributed by atoms with Gasteiger partial charge in [-0.2, -0.15) is 23.8 Å². The number of alkyl halides is 2. The summed E-state index contributed by atoms with van der Waals surface area (Å²) in [5.41, 5.74) is 1.41. The van der Waals surface area contributed by atoms with Gasteiger partial charge in [-0.05, 0) is 6.07 Å². The fraction of sp³-hybridized carbons (Fsp3) is 0.308. The lowest BCUT2D eigenvalue weighted by molar-refractivity contribution is -0.316. The van der Waals surface area contributed by atoms with Gasteiger partial charge in [0.15, 0.2) is 11.5 Å². The predicted octanol–water partition coefficient (Wildman–Crippen LogP) is 4.82. The largest absolute Gasteiger partial charge is 0.440 e. The first-order valence-corrected chi connectivity index (χ1v) is 7.94. The first-order valence-electron chi connectivity index (χ1n) is 6.40. The molecule has 0 saturated heterocycles. The van der Waals surface area contributed by atoms with Crippen LogP contribution < -0.4 is 0 Å². The van der Waals surface area contributed by atoms with Gasteiger partial charge in [0.25, 0.3) is 0 Å². The third-order valence-electron chi connectivity index (χ3n) is 3.22. The van der Waals surface area contributed by atoms with E-state index in [9.17, 15) is 8.78 Å². The highest BCUT2D eigenvalue weighted by atomic mass is 79.9. The van der Waals surface area contributed by atoms with Gasteiger partial charge in [-0.1, -0.05) is 39.1 Å². The van der Waals surface area contributed by atoms with Crippen molar-refractivity contribution in [2.75, 3.05) is 13.6 Å². The Bertz CT molecular complexity index is 812. The third-order valence-corrected chi connectivity index (χ3v) is 4.43. The Labute approximate surface area is 148 Å². The molecule has 0 N–H and O–H groups in total. The molecule has 0 spiro atoms. The van der Waals surface area contributed by atoms with Crippen LogP contribution in [0, 0.1) is 6.92 Å². The molecule has 124 valence electrons. The van der Waals surface area contributed by atoms with Gasteiger partial charge >= 0.3 is 6.61 Å². The summed E-state index contributed by atoms with van der Waals surface area (Å²) in [4.78, 5) is 8.79. The number of rotatable bonds is 3. The molecule has 1 aliphatic heterocycles. The lowest BCUT2D eigenvalue weighted by Crippen LogP contribution is -2.35. The maximum absolute atomic E-state index is 12.7. The number of likely N-dealkylation sites (N-methyl/N-ethyl adjacent to an activating group) is 1. The van der Waals surface area contributed by atoms with Crippen molar-refractivity contribution in [3.05, 3.63) is 32.0 Å². The number of hydroxylamine groups is 1. The van der Waals surface area contributed by atoms with Gasteiger partial charge in [0.05, 0.1) is 22.2 Å². The Morgan fingerprint density at radius 3 is 2.74 bits per heavy atom. The van der Waals surface area contributed by atoms with Crippen LogP contribution in [-0.2, 0) is 4.84 Å². The average molecular weight is 429 g/mol. The van der Waals surface area contributed by atoms with Crippen molar-refractivity contribution in [2.45, 2.75) is 13.5 Å². The highest BCUT2D eigenvalue weighted by Gasteiger charge is 2.34. The monoisotopic (exact) mass is 427 g/mol. The number of oxazole rings is 1. The molecule has 0 aliphatic carbocycles. The fourth-order valence-corrected chi connectivity index (χ4v) is 3.68. The van der Waals surface area contributed by atoms with E-state index in [1.165, 1.54) is 11.1 Å². The van der Waals surface area contributed by atoms with Crippen LogP contribution in [0.15, 0.2) is 15.0 Å². The lowest BCUT2D eigenvalue weighted by Gasteiger charge is -2.27. The molecule has 0 bridgehead atoms. The third kappa shape index (κ3) is 2.94. The molecule has 1 aromatic heterocycles. The minimum Gasteiger partial charge on any atom is -0.440 e. The van der Waals surface area contributed by atoms with Crippen LogP contribution in [0.5, 0.6) is 0 Å². The van der Waals surface area contributed by atoms with Crippen molar-refractivity contribution in [1.82, 2.24) is 15.2 Å². The van der Waals surface area contributed by atoms with Crippen LogP contribution in [0.1, 0.15) is 11.5 Å². The molecule has 5 nitrogen and oxygen atoms in total. The van der Waals surface area contributed by atoms with Gasteiger partial charge in [-0.3, -0.25) is 0 Å². The molecule has 0 atom stereocenters. The summed E-state index contributed by atoms with van der Waals surface area (Å²) in [5, 5.41) is 2.99. The number of aromatic nitrogens is 1. The Morgan fingerprint density at radius 1 is 1.39 bits per heavy atom. The van der Waals surface area contributed by atoms with Crippen LogP contribution in [-0.4, -0.2) is 35.4 Å². The molecule has 1 aliphatic rings. The molecule has 3 rings (SSSR count). The first kappa shape index (κ1) is 16.9. The molecule has 2 heterocycles. The summed E-state index contributed by atoms with van der Waals surface area (Å²) in [7, 11) is 1.60. The smallest absolute Gasteiger partial charge is 0.366 e. The summed E-state index contributed by atoms with van der Waals surface area (Å²) in [6.07, 6.45) is 0. The molecule has 1 aromatic carbocycles. The number of hydrogen-bond acceptors (Lipinski definition) is 5. The Hall–Kier alpha value is -0.930. The fourth-order valence-electron chi connectivity index (χ4n) is 2.39. The number of fused-ring (bicyclic) bond motifs is 1. The van der Waals surface area contributed by atoms with Crippen LogP contribution >= 0.6 is 39.1 Å². The van der Waals surface area contributed by atoms with Crippen molar-refractivity contribution in [1.29, 1.82) is 0 Å². The topological polar surface area (TPSA) is 41.7 Å². The van der Waals surface area contributed by atoms with Crippen LogP contribution in [0.25, 0.3) is 16.8 Å². The molecular formula is C13H10BrCl2F2N3O2. The number of halogens is 5. The molecular weight excluding hydrogens is 419 g/mol. The van der Waals surface area contributed by atoms with E-state index >= 15 is 0 Å². The summed E-state index contributed by atoms with van der Waals surface area (Å²) in [5.74, 6) is 0.384. The highest BCUT2D eigenvalue weighted by Crippen LogP contribution is 2.43. The van der Waals surface area contributed by atoms with Gasteiger partial charge in [0.2, 0.25) is 0 Å². The zero-order valence-electron chi connectivity index (χ0n) is 11.9. The molecule has 2 aromatic rings. The van der Waals surface area contributed by atoms with Gasteiger partial charge < -0.3 is 4.42 Å². The molecule has 0 unspecified atom stereocenters. The minimum absolute atomic E-state index is 0.240. The van der Waals surface area contributed by atoms with Crippen LogP contribution in [0.4, 0.5) is 8.78 Å². The average Bonchev–Trinajstić information content (AvgIpc) is 2.93. The van der Waals surface area contributed by atoms with E-state index in [1.807, 2.05) is 0 Å². The second-order valence-corrected chi connectivity index (χ2v) is 6.61. The molecule has 23 heavy (non-hydrogen) atoms. The van der Waals surface area contributed by atoms with Gasteiger partial charge in [0.1, 0.15) is 11.2 Å². The molecule has 10 heteroatoms. The zero-order valence-corrected chi connectivity index (χ0v) is 15.0. The second-order valence-electron chi connectivity index (χ2n) is 4.83. The van der Waals surface area contributed by atoms with E-state index in [0.29, 0.717) is 44.3 Å². The van der Waals surface area contributed by atoms with Crippen LogP contribution in [0.2, 0.25) is 10.0 Å². The van der Waals surface area contributed by atoms with Crippen molar-refractivity contribution >= 4 is 55.9 Å². The number of hydrazine groups is 1. The van der Waals surface area contributed by atoms with Crippen LogP contribution in [0.3, 0.4) is 0 Å². The molecule has 0 saturated carbocycles. The number of hydrogen-bond donors (Lipinski definition) is 0. The van der Waals surface area contributed by atoms with Crippen molar-refractivity contribution in [3.63, 3.8) is 0 Å². The summed E-state index contributed by atoms with van der Waals surface area (Å²) >= 11 is 15.8. The molecule has 0 radical (unpaired) electrons. The van der Waals surface area contributed by atoms with E-state index < -0.39 is 6.61 Å². The Morgan fingerprint density at radius 2 is 2.09 bits per heavy atom.